The predicted molar refractivity (Wildman–Crippen MR) is 79.4 cm³/mol. The summed E-state index contributed by atoms with van der Waals surface area (Å²) in [4.78, 5) is 4.36. The van der Waals surface area contributed by atoms with E-state index in [1.54, 1.807) is 0 Å². The SMILES string of the molecule is Brc1ccc(OCCn2cnc3ccccc32)cc1. The Kier molecular flexibility index (Phi) is 3.51. The summed E-state index contributed by atoms with van der Waals surface area (Å²) >= 11 is 3.40. The van der Waals surface area contributed by atoms with E-state index < -0.39 is 0 Å². The molecule has 1 aromatic heterocycles. The topological polar surface area (TPSA) is 27.1 Å². The molecule has 0 fully saturated rings. The molecule has 3 aromatic rings. The summed E-state index contributed by atoms with van der Waals surface area (Å²) in [5, 5.41) is 0. The van der Waals surface area contributed by atoms with Crippen LogP contribution < -0.4 is 4.74 Å². The number of rotatable bonds is 4. The van der Waals surface area contributed by atoms with Crippen molar-refractivity contribution >= 4 is 27.0 Å². The van der Waals surface area contributed by atoms with Crippen molar-refractivity contribution in [2.45, 2.75) is 6.54 Å². The molecule has 0 aliphatic rings. The Morgan fingerprint density at radius 3 is 2.68 bits per heavy atom. The van der Waals surface area contributed by atoms with Crippen LogP contribution in [0.2, 0.25) is 0 Å². The lowest BCUT2D eigenvalue weighted by Gasteiger charge is -2.07. The molecule has 2 aromatic carbocycles. The summed E-state index contributed by atoms with van der Waals surface area (Å²) in [5.74, 6) is 0.882. The van der Waals surface area contributed by atoms with Gasteiger partial charge in [0.05, 0.1) is 23.9 Å². The lowest BCUT2D eigenvalue weighted by atomic mass is 10.3. The van der Waals surface area contributed by atoms with E-state index in [0.717, 1.165) is 27.8 Å². The first-order valence-corrected chi connectivity index (χ1v) is 6.90. The predicted octanol–water partition coefficient (Wildman–Crippen LogP) is 3.88. The highest BCUT2D eigenvalue weighted by atomic mass is 79.9. The number of fused-ring (bicyclic) bond motifs is 1. The molecule has 0 amide bonds. The Balaban J connectivity index is 1.65. The van der Waals surface area contributed by atoms with Gasteiger partial charge in [0.25, 0.3) is 0 Å². The van der Waals surface area contributed by atoms with E-state index in [9.17, 15) is 0 Å². The molecular formula is C15H13BrN2O. The van der Waals surface area contributed by atoms with Crippen LogP contribution in [-0.4, -0.2) is 16.2 Å². The number of ether oxygens (including phenoxy) is 1. The molecular weight excluding hydrogens is 304 g/mol. The zero-order valence-corrected chi connectivity index (χ0v) is 11.9. The molecule has 0 saturated carbocycles. The number of nitrogens with zero attached hydrogens (tertiary/aromatic N) is 2. The van der Waals surface area contributed by atoms with Crippen LogP contribution in [0.4, 0.5) is 0 Å². The van der Waals surface area contributed by atoms with Gasteiger partial charge in [-0.3, -0.25) is 0 Å². The number of benzene rings is 2. The molecule has 0 bridgehead atoms. The van der Waals surface area contributed by atoms with Crippen LogP contribution in [-0.2, 0) is 6.54 Å². The molecule has 0 radical (unpaired) electrons. The van der Waals surface area contributed by atoms with Crippen molar-refractivity contribution in [3.8, 4) is 5.75 Å². The van der Waals surface area contributed by atoms with Crippen molar-refractivity contribution in [2.24, 2.45) is 0 Å². The monoisotopic (exact) mass is 316 g/mol. The summed E-state index contributed by atoms with van der Waals surface area (Å²) < 4.78 is 8.88. The van der Waals surface area contributed by atoms with Crippen LogP contribution in [0.25, 0.3) is 11.0 Å². The molecule has 0 N–H and O–H groups in total. The summed E-state index contributed by atoms with van der Waals surface area (Å²) in [7, 11) is 0. The van der Waals surface area contributed by atoms with Gasteiger partial charge in [0.15, 0.2) is 0 Å². The Labute approximate surface area is 120 Å². The first-order chi connectivity index (χ1) is 9.33. The third kappa shape index (κ3) is 2.79. The van der Waals surface area contributed by atoms with Gasteiger partial charge in [-0.25, -0.2) is 4.98 Å². The fourth-order valence-corrected chi connectivity index (χ4v) is 2.25. The van der Waals surface area contributed by atoms with Gasteiger partial charge in [-0.15, -0.1) is 0 Å². The number of halogens is 1. The van der Waals surface area contributed by atoms with Gasteiger partial charge in [-0.05, 0) is 36.4 Å². The molecule has 0 aliphatic carbocycles. The highest BCUT2D eigenvalue weighted by Gasteiger charge is 2.01. The Morgan fingerprint density at radius 1 is 1.05 bits per heavy atom. The van der Waals surface area contributed by atoms with Gasteiger partial charge >= 0.3 is 0 Å². The summed E-state index contributed by atoms with van der Waals surface area (Å²) in [6.07, 6.45) is 1.86. The molecule has 1 heterocycles. The number of aromatic nitrogens is 2. The molecule has 0 atom stereocenters. The molecule has 0 unspecified atom stereocenters. The summed E-state index contributed by atoms with van der Waals surface area (Å²) in [6, 6.07) is 16.0. The van der Waals surface area contributed by atoms with Gasteiger partial charge in [0.1, 0.15) is 12.4 Å². The molecule has 0 spiro atoms. The third-order valence-corrected chi connectivity index (χ3v) is 3.47. The molecule has 96 valence electrons. The maximum atomic E-state index is 5.71. The fourth-order valence-electron chi connectivity index (χ4n) is 1.98. The summed E-state index contributed by atoms with van der Waals surface area (Å²) in [5.41, 5.74) is 2.16. The first kappa shape index (κ1) is 12.2. The zero-order valence-electron chi connectivity index (χ0n) is 10.3. The second-order valence-electron chi connectivity index (χ2n) is 4.23. The number of para-hydroxylation sites is 2. The van der Waals surface area contributed by atoms with E-state index in [1.807, 2.05) is 48.8 Å². The van der Waals surface area contributed by atoms with E-state index >= 15 is 0 Å². The maximum absolute atomic E-state index is 5.71. The average Bonchev–Trinajstić information content (AvgIpc) is 2.85. The highest BCUT2D eigenvalue weighted by molar-refractivity contribution is 9.10. The zero-order chi connectivity index (χ0) is 13.1. The Bertz CT molecular complexity index is 676. The van der Waals surface area contributed by atoms with Crippen LogP contribution in [0.5, 0.6) is 5.75 Å². The first-order valence-electron chi connectivity index (χ1n) is 6.11. The molecule has 0 aliphatic heterocycles. The van der Waals surface area contributed by atoms with Gasteiger partial charge in [0.2, 0.25) is 0 Å². The van der Waals surface area contributed by atoms with Gasteiger partial charge in [0, 0.05) is 4.47 Å². The quantitative estimate of drug-likeness (QED) is 0.730. The molecule has 3 nitrogen and oxygen atoms in total. The van der Waals surface area contributed by atoms with E-state index in [-0.39, 0.29) is 0 Å². The van der Waals surface area contributed by atoms with E-state index in [0.29, 0.717) is 6.61 Å². The minimum absolute atomic E-state index is 0.627. The smallest absolute Gasteiger partial charge is 0.119 e. The standard InChI is InChI=1S/C15H13BrN2O/c16-12-5-7-13(8-6-12)19-10-9-18-11-17-14-3-1-2-4-15(14)18/h1-8,11H,9-10H2. The van der Waals surface area contributed by atoms with Crippen molar-refractivity contribution in [2.75, 3.05) is 6.61 Å². The van der Waals surface area contributed by atoms with Crippen LogP contribution in [0.3, 0.4) is 0 Å². The minimum atomic E-state index is 0.627. The summed E-state index contributed by atoms with van der Waals surface area (Å²) in [6.45, 7) is 1.42. The van der Waals surface area contributed by atoms with E-state index in [1.165, 1.54) is 0 Å². The van der Waals surface area contributed by atoms with Crippen molar-refractivity contribution in [1.29, 1.82) is 0 Å². The average molecular weight is 317 g/mol. The highest BCUT2D eigenvalue weighted by Crippen LogP contribution is 2.16. The third-order valence-electron chi connectivity index (χ3n) is 2.94. The van der Waals surface area contributed by atoms with Crippen molar-refractivity contribution in [3.63, 3.8) is 0 Å². The van der Waals surface area contributed by atoms with Gasteiger partial charge < -0.3 is 9.30 Å². The normalized spacial score (nSPS) is 10.8. The molecule has 19 heavy (non-hydrogen) atoms. The molecule has 4 heteroatoms. The van der Waals surface area contributed by atoms with Crippen LogP contribution >= 0.6 is 15.9 Å². The molecule has 0 saturated heterocycles. The minimum Gasteiger partial charge on any atom is -0.492 e. The second kappa shape index (κ2) is 5.45. The second-order valence-corrected chi connectivity index (χ2v) is 5.14. The largest absolute Gasteiger partial charge is 0.492 e. The molecule has 3 rings (SSSR count). The van der Waals surface area contributed by atoms with Crippen molar-refractivity contribution in [3.05, 3.63) is 59.3 Å². The van der Waals surface area contributed by atoms with Crippen molar-refractivity contribution in [1.82, 2.24) is 9.55 Å². The van der Waals surface area contributed by atoms with Gasteiger partial charge in [-0.2, -0.15) is 0 Å². The Morgan fingerprint density at radius 2 is 1.84 bits per heavy atom. The lowest BCUT2D eigenvalue weighted by Crippen LogP contribution is -2.07. The number of imidazole rings is 1. The number of hydrogen-bond donors (Lipinski definition) is 0. The van der Waals surface area contributed by atoms with Crippen molar-refractivity contribution < 1.29 is 4.74 Å². The van der Waals surface area contributed by atoms with Crippen LogP contribution in [0.15, 0.2) is 59.3 Å². The van der Waals surface area contributed by atoms with E-state index in [4.69, 9.17) is 4.74 Å². The Hall–Kier alpha value is -1.81. The van der Waals surface area contributed by atoms with Crippen LogP contribution in [0, 0.1) is 0 Å². The fraction of sp³-hybridized carbons (Fsp3) is 0.133. The number of hydrogen-bond acceptors (Lipinski definition) is 2. The lowest BCUT2D eigenvalue weighted by molar-refractivity contribution is 0.300. The maximum Gasteiger partial charge on any atom is 0.119 e. The van der Waals surface area contributed by atoms with Crippen LogP contribution in [0.1, 0.15) is 0 Å². The van der Waals surface area contributed by atoms with E-state index in [2.05, 4.69) is 31.5 Å². The van der Waals surface area contributed by atoms with Gasteiger partial charge in [-0.1, -0.05) is 28.1 Å².